The van der Waals surface area contributed by atoms with Gasteiger partial charge in [-0.1, -0.05) is 45.7 Å². The van der Waals surface area contributed by atoms with Gasteiger partial charge in [0.05, 0.1) is 17.7 Å². The van der Waals surface area contributed by atoms with Gasteiger partial charge in [0.1, 0.15) is 18.2 Å². The maximum Gasteiger partial charge on any atom is 0.335 e. The highest BCUT2D eigenvalue weighted by Crippen LogP contribution is 2.37. The Balaban J connectivity index is 1.79. The van der Waals surface area contributed by atoms with Gasteiger partial charge in [0.25, 0.3) is 5.91 Å². The van der Waals surface area contributed by atoms with Crippen LogP contribution in [0.5, 0.6) is 11.5 Å². The summed E-state index contributed by atoms with van der Waals surface area (Å²) in [5.41, 5.74) is 1.80. The summed E-state index contributed by atoms with van der Waals surface area (Å²) in [6.07, 6.45) is 1.40. The number of nitriles is 1. The summed E-state index contributed by atoms with van der Waals surface area (Å²) >= 11 is 9.73. The van der Waals surface area contributed by atoms with E-state index in [-0.39, 0.29) is 28.5 Å². The van der Waals surface area contributed by atoms with Crippen LogP contribution in [0.4, 0.5) is 5.69 Å². The fraction of sp³-hybridized carbons (Fsp3) is 0.0800. The third-order valence-corrected chi connectivity index (χ3v) is 5.37. The lowest BCUT2D eigenvalue weighted by Gasteiger charge is -2.14. The first-order valence-electron chi connectivity index (χ1n) is 9.82. The number of methoxy groups -OCH3 is 1. The number of nitrogens with zero attached hydrogens (tertiary/aromatic N) is 1. The van der Waals surface area contributed by atoms with E-state index in [1.165, 1.54) is 25.3 Å². The van der Waals surface area contributed by atoms with Crippen molar-refractivity contribution in [1.82, 2.24) is 0 Å². The molecule has 7 nitrogen and oxygen atoms in total. The lowest BCUT2D eigenvalue weighted by atomic mass is 10.1. The number of nitrogens with one attached hydrogen (secondary N) is 1. The van der Waals surface area contributed by atoms with Crippen molar-refractivity contribution < 1.29 is 24.2 Å². The molecule has 9 heteroatoms. The zero-order chi connectivity index (χ0) is 24.7. The predicted molar refractivity (Wildman–Crippen MR) is 132 cm³/mol. The minimum Gasteiger partial charge on any atom is -0.493 e. The number of halogens is 2. The standard InChI is InChI=1S/C25H18BrClN2O5/c1-33-22-11-16(9-18(13-28)24(30)29-20-4-2-3-19(26)12-20)10-21(27)23(22)34-14-15-5-7-17(8-6-15)25(31)32/h2-12H,14H2,1H3,(H,29,30)(H,31,32)/b18-9-. The van der Waals surface area contributed by atoms with Crippen LogP contribution < -0.4 is 14.8 Å². The lowest BCUT2D eigenvalue weighted by Crippen LogP contribution is -2.13. The summed E-state index contributed by atoms with van der Waals surface area (Å²) < 4.78 is 12.0. The first kappa shape index (κ1) is 24.8. The molecule has 1 amide bonds. The van der Waals surface area contributed by atoms with E-state index in [1.54, 1.807) is 42.5 Å². The summed E-state index contributed by atoms with van der Waals surface area (Å²) in [4.78, 5) is 23.5. The van der Waals surface area contributed by atoms with Gasteiger partial charge >= 0.3 is 5.97 Å². The molecular formula is C25H18BrClN2O5. The van der Waals surface area contributed by atoms with Crippen molar-refractivity contribution in [2.45, 2.75) is 6.61 Å². The first-order chi connectivity index (χ1) is 16.3. The van der Waals surface area contributed by atoms with E-state index in [0.717, 1.165) is 10.0 Å². The molecule has 0 saturated carbocycles. The second-order valence-electron chi connectivity index (χ2n) is 6.96. The molecule has 0 unspecified atom stereocenters. The minimum absolute atomic E-state index is 0.120. The van der Waals surface area contributed by atoms with Crippen LogP contribution in [-0.2, 0) is 11.4 Å². The third kappa shape index (κ3) is 6.38. The maximum absolute atomic E-state index is 12.5. The van der Waals surface area contributed by atoms with Crippen LogP contribution in [-0.4, -0.2) is 24.1 Å². The molecule has 0 aliphatic rings. The molecule has 172 valence electrons. The van der Waals surface area contributed by atoms with Crippen LogP contribution >= 0.6 is 27.5 Å². The van der Waals surface area contributed by atoms with Crippen molar-refractivity contribution in [3.63, 3.8) is 0 Å². The van der Waals surface area contributed by atoms with Crippen molar-refractivity contribution in [3.05, 3.63) is 92.4 Å². The van der Waals surface area contributed by atoms with Gasteiger partial charge in [-0.15, -0.1) is 0 Å². The molecule has 0 saturated heterocycles. The number of benzene rings is 3. The van der Waals surface area contributed by atoms with Crippen LogP contribution in [0.2, 0.25) is 5.02 Å². The van der Waals surface area contributed by atoms with Crippen LogP contribution in [0.15, 0.2) is 70.7 Å². The lowest BCUT2D eigenvalue weighted by molar-refractivity contribution is -0.112. The second kappa shape index (κ2) is 11.4. The van der Waals surface area contributed by atoms with Gasteiger partial charge in [0.2, 0.25) is 0 Å². The second-order valence-corrected chi connectivity index (χ2v) is 8.28. The molecule has 0 aromatic heterocycles. The smallest absolute Gasteiger partial charge is 0.335 e. The average molecular weight is 542 g/mol. The number of hydrogen-bond donors (Lipinski definition) is 2. The summed E-state index contributed by atoms with van der Waals surface area (Å²) in [5, 5.41) is 21.4. The SMILES string of the molecule is COc1cc(/C=C(/C#N)C(=O)Nc2cccc(Br)c2)cc(Cl)c1OCc1ccc(C(=O)O)cc1. The van der Waals surface area contributed by atoms with E-state index in [2.05, 4.69) is 21.2 Å². The van der Waals surface area contributed by atoms with E-state index in [1.807, 2.05) is 12.1 Å². The maximum atomic E-state index is 12.5. The molecule has 0 aliphatic carbocycles. The Morgan fingerprint density at radius 3 is 2.53 bits per heavy atom. The Hall–Kier alpha value is -3.80. The molecule has 0 fully saturated rings. The van der Waals surface area contributed by atoms with E-state index in [0.29, 0.717) is 17.0 Å². The van der Waals surface area contributed by atoms with Crippen LogP contribution in [0, 0.1) is 11.3 Å². The fourth-order valence-electron chi connectivity index (χ4n) is 2.94. The van der Waals surface area contributed by atoms with Gasteiger partial charge in [-0.2, -0.15) is 5.26 Å². The molecule has 0 heterocycles. The molecule has 2 N–H and O–H groups in total. The minimum atomic E-state index is -1.01. The zero-order valence-electron chi connectivity index (χ0n) is 17.8. The molecule has 0 atom stereocenters. The highest BCUT2D eigenvalue weighted by Gasteiger charge is 2.15. The number of carboxylic acid groups (broad SMARTS) is 1. The molecular weight excluding hydrogens is 524 g/mol. The van der Waals surface area contributed by atoms with E-state index < -0.39 is 11.9 Å². The summed E-state index contributed by atoms with van der Waals surface area (Å²) in [5.74, 6) is -0.991. The molecule has 0 radical (unpaired) electrons. The molecule has 0 bridgehead atoms. The zero-order valence-corrected chi connectivity index (χ0v) is 20.2. The quantitative estimate of drug-likeness (QED) is 0.270. The largest absolute Gasteiger partial charge is 0.493 e. The highest BCUT2D eigenvalue weighted by atomic mass is 79.9. The van der Waals surface area contributed by atoms with Crippen molar-refractivity contribution in [2.24, 2.45) is 0 Å². The topological polar surface area (TPSA) is 109 Å². The normalized spacial score (nSPS) is 10.8. The number of carbonyl (C=O) groups is 2. The number of amides is 1. The Kier molecular flexibility index (Phi) is 8.30. The number of hydrogen-bond acceptors (Lipinski definition) is 5. The number of anilines is 1. The number of aromatic carboxylic acids is 1. The van der Waals surface area contributed by atoms with Crippen LogP contribution in [0.25, 0.3) is 6.08 Å². The predicted octanol–water partition coefficient (Wildman–Crippen LogP) is 5.93. The van der Waals surface area contributed by atoms with E-state index in [9.17, 15) is 14.9 Å². The van der Waals surface area contributed by atoms with Crippen molar-refractivity contribution >= 4 is 51.2 Å². The van der Waals surface area contributed by atoms with Crippen molar-refractivity contribution in [2.75, 3.05) is 12.4 Å². The number of rotatable bonds is 8. The number of ether oxygens (including phenoxy) is 2. The Morgan fingerprint density at radius 2 is 1.91 bits per heavy atom. The molecule has 0 aliphatic heterocycles. The fourth-order valence-corrected chi connectivity index (χ4v) is 3.62. The first-order valence-corrected chi connectivity index (χ1v) is 11.0. The van der Waals surface area contributed by atoms with Gasteiger partial charge in [-0.25, -0.2) is 4.79 Å². The Bertz CT molecular complexity index is 1300. The van der Waals surface area contributed by atoms with Crippen molar-refractivity contribution in [1.29, 1.82) is 5.26 Å². The monoisotopic (exact) mass is 540 g/mol. The highest BCUT2D eigenvalue weighted by molar-refractivity contribution is 9.10. The van der Waals surface area contributed by atoms with Gasteiger partial charge in [0, 0.05) is 10.2 Å². The summed E-state index contributed by atoms with van der Waals surface area (Å²) in [6.45, 7) is 0.129. The summed E-state index contributed by atoms with van der Waals surface area (Å²) in [6, 6.07) is 18.3. The average Bonchev–Trinajstić information content (AvgIpc) is 2.81. The van der Waals surface area contributed by atoms with Gasteiger partial charge in [-0.05, 0) is 59.7 Å². The van der Waals surface area contributed by atoms with Gasteiger partial charge in [-0.3, -0.25) is 4.79 Å². The molecule has 0 spiro atoms. The van der Waals surface area contributed by atoms with Crippen molar-refractivity contribution in [3.8, 4) is 17.6 Å². The molecule has 3 aromatic carbocycles. The van der Waals surface area contributed by atoms with Crippen LogP contribution in [0.3, 0.4) is 0 Å². The third-order valence-electron chi connectivity index (χ3n) is 4.59. The van der Waals surface area contributed by atoms with Crippen LogP contribution in [0.1, 0.15) is 21.5 Å². The Labute approximate surface area is 209 Å². The van der Waals surface area contributed by atoms with E-state index >= 15 is 0 Å². The summed E-state index contributed by atoms with van der Waals surface area (Å²) in [7, 11) is 1.44. The molecule has 34 heavy (non-hydrogen) atoms. The number of carbonyl (C=O) groups excluding carboxylic acids is 1. The van der Waals surface area contributed by atoms with E-state index in [4.69, 9.17) is 26.2 Å². The van der Waals surface area contributed by atoms with Gasteiger partial charge < -0.3 is 19.9 Å². The Morgan fingerprint density at radius 1 is 1.18 bits per heavy atom. The number of carboxylic acids is 1. The van der Waals surface area contributed by atoms with Gasteiger partial charge in [0.15, 0.2) is 11.5 Å². The molecule has 3 aromatic rings. The molecule has 3 rings (SSSR count).